The molecule has 0 fully saturated rings. The van der Waals surface area contributed by atoms with Crippen LogP contribution in [0.15, 0.2) is 48.5 Å². The number of para-hydroxylation sites is 2. The highest BCUT2D eigenvalue weighted by Gasteiger charge is 2.10. The number of benzene rings is 2. The summed E-state index contributed by atoms with van der Waals surface area (Å²) in [6.45, 7) is 3.15. The Balaban J connectivity index is 2.13. The number of nitrogens with one attached hydrogen (secondary N) is 1. The number of amides is 1. The second-order valence-corrected chi connectivity index (χ2v) is 4.93. The van der Waals surface area contributed by atoms with Gasteiger partial charge in [-0.05, 0) is 36.2 Å². The van der Waals surface area contributed by atoms with E-state index in [1.165, 1.54) is 0 Å². The molecule has 0 saturated carbocycles. The zero-order valence-electron chi connectivity index (χ0n) is 13.0. The van der Waals surface area contributed by atoms with E-state index in [0.29, 0.717) is 30.2 Å². The van der Waals surface area contributed by atoms with Gasteiger partial charge < -0.3 is 14.8 Å². The minimum Gasteiger partial charge on any atom is -0.491 e. The van der Waals surface area contributed by atoms with Gasteiger partial charge in [-0.3, -0.25) is 4.79 Å². The van der Waals surface area contributed by atoms with E-state index in [9.17, 15) is 4.79 Å². The molecule has 0 bridgehead atoms. The molecule has 4 heteroatoms. The predicted molar refractivity (Wildman–Crippen MR) is 87.3 cm³/mol. The molecule has 1 amide bonds. The summed E-state index contributed by atoms with van der Waals surface area (Å²) in [7, 11) is 1.63. The van der Waals surface area contributed by atoms with E-state index in [-0.39, 0.29) is 5.91 Å². The smallest absolute Gasteiger partial charge is 0.255 e. The number of methoxy groups -OCH3 is 1. The summed E-state index contributed by atoms with van der Waals surface area (Å²) in [4.78, 5) is 12.4. The molecule has 0 atom stereocenters. The Kier molecular flexibility index (Phi) is 5.98. The lowest BCUT2D eigenvalue weighted by atomic mass is 10.1. The Morgan fingerprint density at radius 1 is 1.14 bits per heavy atom. The lowest BCUT2D eigenvalue weighted by molar-refractivity contribution is 0.102. The first-order chi connectivity index (χ1) is 10.7. The van der Waals surface area contributed by atoms with Crippen LogP contribution in [0.4, 0.5) is 5.69 Å². The standard InChI is InChI=1S/C18H21NO3/c1-3-11-22-17-10-5-4-9-16(17)19-18(20)15-8-6-7-14(12-15)13-21-2/h4-10,12H,3,11,13H2,1-2H3,(H,19,20). The van der Waals surface area contributed by atoms with Crippen molar-refractivity contribution in [1.82, 2.24) is 0 Å². The van der Waals surface area contributed by atoms with Crippen molar-refractivity contribution >= 4 is 11.6 Å². The summed E-state index contributed by atoms with van der Waals surface area (Å²) < 4.78 is 10.7. The highest BCUT2D eigenvalue weighted by molar-refractivity contribution is 6.05. The minimum absolute atomic E-state index is 0.162. The first-order valence-electron chi connectivity index (χ1n) is 7.35. The first kappa shape index (κ1) is 16.0. The van der Waals surface area contributed by atoms with Crippen molar-refractivity contribution in [3.8, 4) is 5.75 Å². The third kappa shape index (κ3) is 4.33. The van der Waals surface area contributed by atoms with Crippen LogP contribution < -0.4 is 10.1 Å². The first-order valence-corrected chi connectivity index (χ1v) is 7.35. The number of hydrogen-bond donors (Lipinski definition) is 1. The molecule has 0 aliphatic rings. The van der Waals surface area contributed by atoms with Gasteiger partial charge in [0.1, 0.15) is 5.75 Å². The third-order valence-electron chi connectivity index (χ3n) is 3.10. The fourth-order valence-corrected chi connectivity index (χ4v) is 2.07. The number of hydrogen-bond acceptors (Lipinski definition) is 3. The van der Waals surface area contributed by atoms with Gasteiger partial charge >= 0.3 is 0 Å². The molecule has 22 heavy (non-hydrogen) atoms. The lowest BCUT2D eigenvalue weighted by Gasteiger charge is -2.12. The third-order valence-corrected chi connectivity index (χ3v) is 3.10. The van der Waals surface area contributed by atoms with Crippen LogP contribution in [0.1, 0.15) is 29.3 Å². The Hall–Kier alpha value is -2.33. The molecule has 2 aromatic carbocycles. The summed E-state index contributed by atoms with van der Waals surface area (Å²) in [5.41, 5.74) is 2.24. The van der Waals surface area contributed by atoms with Crippen molar-refractivity contribution in [2.75, 3.05) is 19.0 Å². The second kappa shape index (κ2) is 8.20. The van der Waals surface area contributed by atoms with Crippen LogP contribution in [0.5, 0.6) is 5.75 Å². The van der Waals surface area contributed by atoms with Crippen molar-refractivity contribution < 1.29 is 14.3 Å². The predicted octanol–water partition coefficient (Wildman–Crippen LogP) is 3.87. The number of ether oxygens (including phenoxy) is 2. The summed E-state index contributed by atoms with van der Waals surface area (Å²) in [5, 5.41) is 2.90. The maximum absolute atomic E-state index is 12.4. The highest BCUT2D eigenvalue weighted by Crippen LogP contribution is 2.24. The molecule has 0 aromatic heterocycles. The number of anilines is 1. The van der Waals surface area contributed by atoms with Gasteiger partial charge in [0.05, 0.1) is 18.9 Å². The van der Waals surface area contributed by atoms with Crippen molar-refractivity contribution in [3.05, 3.63) is 59.7 Å². The molecule has 0 unspecified atom stereocenters. The number of carbonyl (C=O) groups excluding carboxylic acids is 1. The van der Waals surface area contributed by atoms with Crippen LogP contribution in [0.3, 0.4) is 0 Å². The molecular formula is C18H21NO3. The molecule has 116 valence electrons. The lowest BCUT2D eigenvalue weighted by Crippen LogP contribution is -2.13. The van der Waals surface area contributed by atoms with Gasteiger partial charge in [-0.1, -0.05) is 31.2 Å². The molecule has 2 aromatic rings. The molecule has 0 spiro atoms. The Morgan fingerprint density at radius 3 is 2.73 bits per heavy atom. The van der Waals surface area contributed by atoms with Gasteiger partial charge in [0.2, 0.25) is 0 Å². The van der Waals surface area contributed by atoms with Crippen LogP contribution in [-0.2, 0) is 11.3 Å². The molecular weight excluding hydrogens is 278 g/mol. The molecule has 0 aliphatic heterocycles. The maximum atomic E-state index is 12.4. The van der Waals surface area contributed by atoms with E-state index in [1.807, 2.05) is 49.4 Å². The van der Waals surface area contributed by atoms with Crippen LogP contribution in [-0.4, -0.2) is 19.6 Å². The van der Waals surface area contributed by atoms with Crippen molar-refractivity contribution in [2.45, 2.75) is 20.0 Å². The van der Waals surface area contributed by atoms with Gasteiger partial charge in [-0.25, -0.2) is 0 Å². The van der Waals surface area contributed by atoms with Gasteiger partial charge in [0, 0.05) is 12.7 Å². The summed E-state index contributed by atoms with van der Waals surface area (Å²) >= 11 is 0. The van der Waals surface area contributed by atoms with Crippen LogP contribution in [0.2, 0.25) is 0 Å². The fraction of sp³-hybridized carbons (Fsp3) is 0.278. The van der Waals surface area contributed by atoms with E-state index in [1.54, 1.807) is 13.2 Å². The van der Waals surface area contributed by atoms with E-state index in [4.69, 9.17) is 9.47 Å². The van der Waals surface area contributed by atoms with E-state index in [2.05, 4.69) is 5.32 Å². The molecule has 0 saturated heterocycles. The van der Waals surface area contributed by atoms with Crippen molar-refractivity contribution in [3.63, 3.8) is 0 Å². The van der Waals surface area contributed by atoms with Crippen LogP contribution in [0.25, 0.3) is 0 Å². The summed E-state index contributed by atoms with van der Waals surface area (Å²) in [5.74, 6) is 0.524. The Morgan fingerprint density at radius 2 is 1.95 bits per heavy atom. The Bertz CT molecular complexity index is 625. The SMILES string of the molecule is CCCOc1ccccc1NC(=O)c1cccc(COC)c1. The van der Waals surface area contributed by atoms with Gasteiger partial charge in [0.15, 0.2) is 0 Å². The Labute approximate surface area is 131 Å². The average molecular weight is 299 g/mol. The monoisotopic (exact) mass is 299 g/mol. The second-order valence-electron chi connectivity index (χ2n) is 4.93. The molecule has 1 N–H and O–H groups in total. The molecule has 4 nitrogen and oxygen atoms in total. The average Bonchev–Trinajstić information content (AvgIpc) is 2.54. The fourth-order valence-electron chi connectivity index (χ4n) is 2.07. The van der Waals surface area contributed by atoms with E-state index >= 15 is 0 Å². The van der Waals surface area contributed by atoms with E-state index < -0.39 is 0 Å². The molecule has 2 rings (SSSR count). The van der Waals surface area contributed by atoms with Crippen molar-refractivity contribution in [1.29, 1.82) is 0 Å². The summed E-state index contributed by atoms with van der Waals surface area (Å²) in [6, 6.07) is 14.8. The summed E-state index contributed by atoms with van der Waals surface area (Å²) in [6.07, 6.45) is 0.918. The number of carbonyl (C=O) groups is 1. The number of rotatable bonds is 7. The van der Waals surface area contributed by atoms with Gasteiger partial charge in [-0.2, -0.15) is 0 Å². The largest absolute Gasteiger partial charge is 0.491 e. The molecule has 0 radical (unpaired) electrons. The normalized spacial score (nSPS) is 10.3. The molecule has 0 aliphatic carbocycles. The van der Waals surface area contributed by atoms with Crippen LogP contribution in [0, 0.1) is 0 Å². The van der Waals surface area contributed by atoms with E-state index in [0.717, 1.165) is 12.0 Å². The van der Waals surface area contributed by atoms with Crippen molar-refractivity contribution in [2.24, 2.45) is 0 Å². The highest BCUT2D eigenvalue weighted by atomic mass is 16.5. The maximum Gasteiger partial charge on any atom is 0.255 e. The minimum atomic E-state index is -0.162. The molecule has 0 heterocycles. The van der Waals surface area contributed by atoms with Crippen LogP contribution >= 0.6 is 0 Å². The van der Waals surface area contributed by atoms with Gasteiger partial charge in [0.25, 0.3) is 5.91 Å². The van der Waals surface area contributed by atoms with Gasteiger partial charge in [-0.15, -0.1) is 0 Å². The zero-order chi connectivity index (χ0) is 15.8. The quantitative estimate of drug-likeness (QED) is 0.844. The topological polar surface area (TPSA) is 47.6 Å². The zero-order valence-corrected chi connectivity index (χ0v) is 13.0.